The number of nitrogens with zero attached hydrogens (tertiary/aromatic N) is 1. The molecule has 2 rings (SSSR count). The molecule has 7 heteroatoms. The molecule has 0 bridgehead atoms. The third kappa shape index (κ3) is 3.01. The zero-order valence-electron chi connectivity index (χ0n) is 12.1. The molecule has 3 N–H and O–H groups in total. The lowest BCUT2D eigenvalue weighted by molar-refractivity contribution is -0.131. The smallest absolute Gasteiger partial charge is 0.506 e. The Kier molecular flexibility index (Phi) is 3.44. The first-order chi connectivity index (χ1) is 9.66. The molecule has 1 amide bonds. The summed E-state index contributed by atoms with van der Waals surface area (Å²) < 4.78 is 10.1. The first-order valence-electron chi connectivity index (χ1n) is 6.43. The van der Waals surface area contributed by atoms with E-state index in [9.17, 15) is 14.7 Å². The van der Waals surface area contributed by atoms with Crippen LogP contribution < -0.4 is 10.6 Å². The summed E-state index contributed by atoms with van der Waals surface area (Å²) in [4.78, 5) is 24.8. The number of phenolic OH excluding ortho intramolecular Hbond substituents is 1. The Bertz CT molecular complexity index is 581. The fraction of sp³-hybridized carbons (Fsp3) is 0.429. The summed E-state index contributed by atoms with van der Waals surface area (Å²) in [6.45, 7) is 5.11. The van der Waals surface area contributed by atoms with E-state index in [2.05, 4.69) is 0 Å². The van der Waals surface area contributed by atoms with Gasteiger partial charge in [-0.3, -0.25) is 4.79 Å². The van der Waals surface area contributed by atoms with E-state index >= 15 is 0 Å². The zero-order chi connectivity index (χ0) is 15.8. The number of hydrogen-bond acceptors (Lipinski definition) is 6. The minimum atomic E-state index is -1.61. The number of carbonyl (C=O) groups excluding carboxylic acids is 2. The first kappa shape index (κ1) is 15.0. The van der Waals surface area contributed by atoms with E-state index in [1.54, 1.807) is 39.0 Å². The number of aromatic hydroxyl groups is 1. The van der Waals surface area contributed by atoms with E-state index in [0.29, 0.717) is 5.69 Å². The van der Waals surface area contributed by atoms with Gasteiger partial charge < -0.3 is 25.2 Å². The van der Waals surface area contributed by atoms with Gasteiger partial charge in [0.05, 0.1) is 12.2 Å². The quantitative estimate of drug-likeness (QED) is 0.644. The van der Waals surface area contributed by atoms with Crippen molar-refractivity contribution in [3.8, 4) is 5.75 Å². The molecule has 7 nitrogen and oxygen atoms in total. The molecule has 1 atom stereocenters. The van der Waals surface area contributed by atoms with E-state index < -0.39 is 23.4 Å². The van der Waals surface area contributed by atoms with Gasteiger partial charge in [-0.2, -0.15) is 0 Å². The van der Waals surface area contributed by atoms with Crippen LogP contribution in [0, 0.1) is 0 Å². The Balaban J connectivity index is 2.17. The molecule has 21 heavy (non-hydrogen) atoms. The second-order valence-corrected chi connectivity index (χ2v) is 5.79. The zero-order valence-corrected chi connectivity index (χ0v) is 12.1. The van der Waals surface area contributed by atoms with Crippen molar-refractivity contribution >= 4 is 17.7 Å². The topological polar surface area (TPSA) is 102 Å². The van der Waals surface area contributed by atoms with Gasteiger partial charge in [0.1, 0.15) is 11.4 Å². The normalized spacial score (nSPS) is 20.8. The van der Waals surface area contributed by atoms with E-state index in [4.69, 9.17) is 15.2 Å². The Hall–Kier alpha value is -2.44. The highest BCUT2D eigenvalue weighted by Gasteiger charge is 2.63. The maximum atomic E-state index is 11.7. The van der Waals surface area contributed by atoms with Crippen LogP contribution in [0.5, 0.6) is 5.75 Å². The summed E-state index contributed by atoms with van der Waals surface area (Å²) >= 11 is 0. The lowest BCUT2D eigenvalue weighted by Crippen LogP contribution is -2.41. The molecule has 0 spiro atoms. The van der Waals surface area contributed by atoms with E-state index in [1.165, 1.54) is 11.0 Å². The summed E-state index contributed by atoms with van der Waals surface area (Å²) in [5.74, 6) is -0.856. The average Bonchev–Trinajstić information content (AvgIpc) is 3.02. The second-order valence-electron chi connectivity index (χ2n) is 5.79. The van der Waals surface area contributed by atoms with Gasteiger partial charge >= 0.3 is 6.16 Å². The van der Waals surface area contributed by atoms with Crippen molar-refractivity contribution in [1.82, 2.24) is 0 Å². The molecule has 1 unspecified atom stereocenters. The highest BCUT2D eigenvalue weighted by molar-refractivity contribution is 5.95. The van der Waals surface area contributed by atoms with E-state index in [1.807, 2.05) is 0 Å². The Labute approximate surface area is 122 Å². The molecule has 0 aromatic heterocycles. The lowest BCUT2D eigenvalue weighted by atomic mass is 10.2. The Morgan fingerprint density at radius 1 is 1.33 bits per heavy atom. The molecule has 0 radical (unpaired) electrons. The van der Waals surface area contributed by atoms with Gasteiger partial charge in [0.2, 0.25) is 0 Å². The number of amides is 1. The summed E-state index contributed by atoms with van der Waals surface area (Å²) in [7, 11) is 0. The van der Waals surface area contributed by atoms with Crippen LogP contribution in [0.2, 0.25) is 0 Å². The van der Waals surface area contributed by atoms with Crippen molar-refractivity contribution in [3.05, 3.63) is 24.3 Å². The summed E-state index contributed by atoms with van der Waals surface area (Å²) in [6.07, 6.45) is -0.987. The van der Waals surface area contributed by atoms with Gasteiger partial charge in [0.15, 0.2) is 0 Å². The molecule has 1 heterocycles. The average molecular weight is 294 g/mol. The summed E-state index contributed by atoms with van der Waals surface area (Å²) in [5, 5.41) is 9.79. The highest BCUT2D eigenvalue weighted by atomic mass is 16.8. The third-order valence-corrected chi connectivity index (χ3v) is 2.90. The number of nitrogens with two attached hydrogens (primary N) is 1. The number of carbonyl (C=O) groups is 2. The monoisotopic (exact) mass is 294 g/mol. The van der Waals surface area contributed by atoms with Gasteiger partial charge in [0.25, 0.3) is 11.6 Å². The fourth-order valence-electron chi connectivity index (χ4n) is 1.91. The minimum absolute atomic E-state index is 0.0339. The van der Waals surface area contributed by atoms with Crippen LogP contribution in [0.4, 0.5) is 10.5 Å². The number of anilines is 1. The summed E-state index contributed by atoms with van der Waals surface area (Å²) in [5.41, 5.74) is 3.33. The first-order valence-corrected chi connectivity index (χ1v) is 6.43. The number of primary amides is 1. The predicted octanol–water partition coefficient (Wildman–Crippen LogP) is 1.35. The largest absolute Gasteiger partial charge is 0.511 e. The Morgan fingerprint density at radius 2 is 1.95 bits per heavy atom. The second kappa shape index (κ2) is 4.83. The number of rotatable bonds is 3. The van der Waals surface area contributed by atoms with Crippen molar-refractivity contribution in [2.45, 2.75) is 32.1 Å². The number of hydrogen-bond donors (Lipinski definition) is 2. The molecule has 1 aromatic rings. The van der Waals surface area contributed by atoms with Gasteiger partial charge in [-0.1, -0.05) is 12.1 Å². The molecule has 0 aliphatic carbocycles. The van der Waals surface area contributed by atoms with Crippen LogP contribution in [0.15, 0.2) is 24.3 Å². The van der Waals surface area contributed by atoms with Crippen LogP contribution in [0.3, 0.4) is 0 Å². The maximum Gasteiger partial charge on any atom is 0.511 e. The molecule has 1 aliphatic heterocycles. The number of phenols is 1. The molecule has 1 aromatic carbocycles. The number of benzene rings is 1. The van der Waals surface area contributed by atoms with E-state index in [0.717, 1.165) is 0 Å². The fourth-order valence-corrected chi connectivity index (χ4v) is 1.91. The van der Waals surface area contributed by atoms with Gasteiger partial charge in [-0.15, -0.1) is 0 Å². The highest BCUT2D eigenvalue weighted by Crippen LogP contribution is 2.43. The molecule has 1 fully saturated rings. The van der Waals surface area contributed by atoms with Crippen LogP contribution in [0.25, 0.3) is 0 Å². The lowest BCUT2D eigenvalue weighted by Gasteiger charge is -2.22. The number of para-hydroxylation sites is 2. The van der Waals surface area contributed by atoms with Crippen molar-refractivity contribution in [2.75, 3.05) is 11.4 Å². The third-order valence-electron chi connectivity index (χ3n) is 2.90. The van der Waals surface area contributed by atoms with Crippen molar-refractivity contribution in [1.29, 1.82) is 0 Å². The van der Waals surface area contributed by atoms with Gasteiger partial charge in [0, 0.05) is 0 Å². The predicted molar refractivity (Wildman–Crippen MR) is 74.7 cm³/mol. The van der Waals surface area contributed by atoms with Crippen LogP contribution in [-0.4, -0.2) is 35.0 Å². The van der Waals surface area contributed by atoms with E-state index in [-0.39, 0.29) is 12.3 Å². The standard InChI is InChI=1S/C14H18N2O5/c1-13(2,3)20-12(19)21-14(11(15)18)8-16(14)9-6-4-5-7-10(9)17/h4-7,17H,8H2,1-3H3,(H2,15,18). The van der Waals surface area contributed by atoms with Crippen molar-refractivity contribution < 1.29 is 24.2 Å². The van der Waals surface area contributed by atoms with Crippen LogP contribution >= 0.6 is 0 Å². The minimum Gasteiger partial charge on any atom is -0.506 e. The Morgan fingerprint density at radius 3 is 2.48 bits per heavy atom. The SMILES string of the molecule is CC(C)(C)OC(=O)OC1(C(N)=O)CN1c1ccccc1O. The molecule has 1 aliphatic rings. The number of ether oxygens (including phenoxy) is 2. The molecule has 0 saturated carbocycles. The van der Waals surface area contributed by atoms with Gasteiger partial charge in [-0.05, 0) is 32.9 Å². The maximum absolute atomic E-state index is 11.7. The van der Waals surface area contributed by atoms with Crippen LogP contribution in [-0.2, 0) is 14.3 Å². The summed E-state index contributed by atoms with van der Waals surface area (Å²) in [6, 6.07) is 6.39. The molecular formula is C14H18N2O5. The molecular weight excluding hydrogens is 276 g/mol. The van der Waals surface area contributed by atoms with Crippen molar-refractivity contribution in [2.24, 2.45) is 5.73 Å². The molecule has 114 valence electrons. The van der Waals surface area contributed by atoms with Gasteiger partial charge in [-0.25, -0.2) is 4.79 Å². The molecule has 1 saturated heterocycles. The van der Waals surface area contributed by atoms with Crippen molar-refractivity contribution in [3.63, 3.8) is 0 Å². The van der Waals surface area contributed by atoms with Crippen LogP contribution in [0.1, 0.15) is 20.8 Å².